The van der Waals surface area contributed by atoms with Crippen molar-refractivity contribution < 1.29 is 18.0 Å². The lowest BCUT2D eigenvalue weighted by atomic mass is 9.95. The molecule has 7 nitrogen and oxygen atoms in total. The summed E-state index contributed by atoms with van der Waals surface area (Å²) in [4.78, 5) is 32.4. The lowest BCUT2D eigenvalue weighted by Gasteiger charge is -2.26. The summed E-state index contributed by atoms with van der Waals surface area (Å²) in [5.41, 5.74) is 0.989. The van der Waals surface area contributed by atoms with Crippen LogP contribution in [0.2, 0.25) is 0 Å². The SMILES string of the molecule is Cc1ccnc(C(=O)N2C3CCC2C(Nc2ccc(C(F)(F)F)cn2)C3)c1-c1ncccn1. The number of amides is 1. The lowest BCUT2D eigenvalue weighted by molar-refractivity contribution is -0.137. The maximum Gasteiger partial charge on any atom is 0.417 e. The molecule has 2 aliphatic heterocycles. The van der Waals surface area contributed by atoms with Crippen LogP contribution in [-0.4, -0.2) is 48.9 Å². The smallest absolute Gasteiger partial charge is 0.365 e. The Kier molecular flexibility index (Phi) is 5.22. The Bertz CT molecular complexity index is 1170. The number of aryl methyl sites for hydroxylation is 1. The fourth-order valence-electron chi connectivity index (χ4n) is 4.85. The molecule has 170 valence electrons. The van der Waals surface area contributed by atoms with Gasteiger partial charge in [-0.2, -0.15) is 13.2 Å². The maximum atomic E-state index is 13.6. The Balaban J connectivity index is 1.39. The first kappa shape index (κ1) is 21.3. The van der Waals surface area contributed by atoms with Crippen molar-refractivity contribution in [1.29, 1.82) is 0 Å². The Hall–Kier alpha value is -3.56. The van der Waals surface area contributed by atoms with E-state index in [9.17, 15) is 18.0 Å². The summed E-state index contributed by atoms with van der Waals surface area (Å²) in [5, 5.41) is 3.23. The second-order valence-corrected chi connectivity index (χ2v) is 8.35. The predicted octanol–water partition coefficient (Wildman–Crippen LogP) is 4.12. The van der Waals surface area contributed by atoms with Gasteiger partial charge in [0, 0.05) is 36.9 Å². The molecule has 0 radical (unpaired) electrons. The number of hydrogen-bond acceptors (Lipinski definition) is 6. The van der Waals surface area contributed by atoms with E-state index in [1.807, 2.05) is 17.9 Å². The van der Waals surface area contributed by atoms with Crippen molar-refractivity contribution in [1.82, 2.24) is 24.8 Å². The third-order valence-electron chi connectivity index (χ3n) is 6.35. The molecule has 0 spiro atoms. The summed E-state index contributed by atoms with van der Waals surface area (Å²) in [6.45, 7) is 1.89. The molecule has 10 heteroatoms. The number of carbonyl (C=O) groups is 1. The lowest BCUT2D eigenvalue weighted by Crippen LogP contribution is -2.40. The Labute approximate surface area is 188 Å². The van der Waals surface area contributed by atoms with E-state index >= 15 is 0 Å². The molecule has 2 aliphatic rings. The van der Waals surface area contributed by atoms with E-state index in [4.69, 9.17) is 0 Å². The van der Waals surface area contributed by atoms with E-state index in [1.54, 1.807) is 24.7 Å². The predicted molar refractivity (Wildman–Crippen MR) is 114 cm³/mol. The van der Waals surface area contributed by atoms with Gasteiger partial charge in [-0.1, -0.05) is 0 Å². The third-order valence-corrected chi connectivity index (χ3v) is 6.35. The average molecular weight is 454 g/mol. The van der Waals surface area contributed by atoms with Gasteiger partial charge in [-0.25, -0.2) is 15.0 Å². The van der Waals surface area contributed by atoms with Crippen molar-refractivity contribution >= 4 is 11.7 Å². The summed E-state index contributed by atoms with van der Waals surface area (Å²) < 4.78 is 38.4. The highest BCUT2D eigenvalue weighted by atomic mass is 19.4. The topological polar surface area (TPSA) is 83.9 Å². The zero-order valence-corrected chi connectivity index (χ0v) is 17.8. The number of alkyl halides is 3. The highest BCUT2D eigenvalue weighted by molar-refractivity contribution is 5.99. The minimum Gasteiger partial charge on any atom is -0.365 e. The van der Waals surface area contributed by atoms with Crippen molar-refractivity contribution in [3.63, 3.8) is 0 Å². The van der Waals surface area contributed by atoms with Gasteiger partial charge >= 0.3 is 6.18 Å². The maximum absolute atomic E-state index is 13.6. The molecule has 0 aromatic carbocycles. The van der Waals surface area contributed by atoms with Crippen LogP contribution in [0.4, 0.5) is 19.0 Å². The van der Waals surface area contributed by atoms with E-state index < -0.39 is 11.7 Å². The van der Waals surface area contributed by atoms with Gasteiger partial charge in [-0.15, -0.1) is 0 Å². The van der Waals surface area contributed by atoms with Crippen LogP contribution >= 0.6 is 0 Å². The molecular formula is C23H21F3N6O. The summed E-state index contributed by atoms with van der Waals surface area (Å²) in [6.07, 6.45) is 3.62. The molecule has 3 aromatic heterocycles. The number of halogens is 3. The van der Waals surface area contributed by atoms with Gasteiger partial charge in [0.15, 0.2) is 5.82 Å². The van der Waals surface area contributed by atoms with E-state index in [1.165, 1.54) is 6.07 Å². The first-order valence-corrected chi connectivity index (χ1v) is 10.7. The second kappa shape index (κ2) is 8.09. The first-order valence-electron chi connectivity index (χ1n) is 10.7. The first-order chi connectivity index (χ1) is 15.8. The van der Waals surface area contributed by atoms with Gasteiger partial charge < -0.3 is 10.2 Å². The summed E-state index contributed by atoms with van der Waals surface area (Å²) in [7, 11) is 0. The Morgan fingerprint density at radius 1 is 1.06 bits per heavy atom. The zero-order valence-electron chi connectivity index (χ0n) is 17.8. The molecule has 3 atom stereocenters. The van der Waals surface area contributed by atoms with Crippen molar-refractivity contribution in [3.8, 4) is 11.4 Å². The van der Waals surface area contributed by atoms with Crippen molar-refractivity contribution in [2.45, 2.75) is 50.5 Å². The fraction of sp³-hybridized carbons (Fsp3) is 0.348. The zero-order chi connectivity index (χ0) is 23.2. The molecule has 5 heterocycles. The van der Waals surface area contributed by atoms with Crippen LogP contribution in [0.15, 0.2) is 49.1 Å². The van der Waals surface area contributed by atoms with Gasteiger partial charge in [0.25, 0.3) is 5.91 Å². The molecule has 33 heavy (non-hydrogen) atoms. The summed E-state index contributed by atoms with van der Waals surface area (Å²) >= 11 is 0. The van der Waals surface area contributed by atoms with E-state index in [0.29, 0.717) is 29.3 Å². The third kappa shape index (κ3) is 3.90. The number of hydrogen-bond donors (Lipinski definition) is 1. The number of carbonyl (C=O) groups excluding carboxylic acids is 1. The number of anilines is 1. The average Bonchev–Trinajstić information content (AvgIpc) is 3.36. The van der Waals surface area contributed by atoms with Crippen LogP contribution in [0.5, 0.6) is 0 Å². The van der Waals surface area contributed by atoms with Gasteiger partial charge in [-0.05, 0) is 56.0 Å². The monoisotopic (exact) mass is 454 g/mol. The fourth-order valence-corrected chi connectivity index (χ4v) is 4.85. The second-order valence-electron chi connectivity index (χ2n) is 8.35. The normalized spacial score (nSPS) is 21.9. The molecular weight excluding hydrogens is 433 g/mol. The summed E-state index contributed by atoms with van der Waals surface area (Å²) in [5.74, 6) is 0.625. The molecule has 2 bridgehead atoms. The Morgan fingerprint density at radius 2 is 1.85 bits per heavy atom. The van der Waals surface area contributed by atoms with Gasteiger partial charge in [0.1, 0.15) is 11.5 Å². The van der Waals surface area contributed by atoms with Crippen LogP contribution < -0.4 is 5.32 Å². The van der Waals surface area contributed by atoms with Crippen LogP contribution in [0.3, 0.4) is 0 Å². The summed E-state index contributed by atoms with van der Waals surface area (Å²) in [6, 6.07) is 5.70. The molecule has 0 saturated carbocycles. The molecule has 2 saturated heterocycles. The van der Waals surface area contributed by atoms with E-state index in [0.717, 1.165) is 30.7 Å². The van der Waals surface area contributed by atoms with E-state index in [-0.39, 0.29) is 24.0 Å². The molecule has 5 rings (SSSR count). The minimum absolute atomic E-state index is 0.0290. The quantitative estimate of drug-likeness (QED) is 0.639. The number of pyridine rings is 2. The van der Waals surface area contributed by atoms with Crippen LogP contribution in [0, 0.1) is 6.92 Å². The molecule has 1 N–H and O–H groups in total. The van der Waals surface area contributed by atoms with E-state index in [2.05, 4.69) is 25.3 Å². The molecule has 0 aliphatic carbocycles. The largest absolute Gasteiger partial charge is 0.417 e. The van der Waals surface area contributed by atoms with Crippen LogP contribution in [-0.2, 0) is 6.18 Å². The highest BCUT2D eigenvalue weighted by Gasteiger charge is 2.49. The van der Waals surface area contributed by atoms with Crippen molar-refractivity contribution in [2.24, 2.45) is 0 Å². The standard InChI is InChI=1S/C23H21F3N6O/c1-13-7-10-27-20(19(13)21-28-8-2-9-29-21)22(33)32-15-4-5-17(32)16(11-15)31-18-6-3-14(12-30-18)23(24,25)26/h2-3,6-10,12,15-17H,4-5,11H2,1H3,(H,30,31). The van der Waals surface area contributed by atoms with Gasteiger partial charge in [-0.3, -0.25) is 9.78 Å². The number of rotatable bonds is 4. The minimum atomic E-state index is -4.43. The number of aromatic nitrogens is 4. The van der Waals surface area contributed by atoms with Crippen molar-refractivity contribution in [2.75, 3.05) is 5.32 Å². The number of fused-ring (bicyclic) bond motifs is 2. The molecule has 3 aromatic rings. The molecule has 2 fully saturated rings. The highest BCUT2D eigenvalue weighted by Crippen LogP contribution is 2.41. The van der Waals surface area contributed by atoms with Crippen LogP contribution in [0.25, 0.3) is 11.4 Å². The van der Waals surface area contributed by atoms with Gasteiger partial charge in [0.2, 0.25) is 0 Å². The Morgan fingerprint density at radius 3 is 2.55 bits per heavy atom. The number of nitrogens with zero attached hydrogens (tertiary/aromatic N) is 5. The molecule has 3 unspecified atom stereocenters. The molecule has 1 amide bonds. The number of nitrogens with one attached hydrogen (secondary N) is 1. The van der Waals surface area contributed by atoms with Crippen LogP contribution in [0.1, 0.15) is 40.9 Å². The van der Waals surface area contributed by atoms with Crippen molar-refractivity contribution in [3.05, 3.63) is 65.9 Å². The van der Waals surface area contributed by atoms with Gasteiger partial charge in [0.05, 0.1) is 17.2 Å².